The Morgan fingerprint density at radius 2 is 2.21 bits per heavy atom. The molecule has 1 aliphatic heterocycles. The maximum absolute atomic E-state index is 6.33. The van der Waals surface area contributed by atoms with Crippen LogP contribution in [0.5, 0.6) is 0 Å². The summed E-state index contributed by atoms with van der Waals surface area (Å²) in [5, 5.41) is 8.81. The van der Waals surface area contributed by atoms with Crippen molar-refractivity contribution >= 4 is 11.6 Å². The fourth-order valence-electron chi connectivity index (χ4n) is 2.69. The third-order valence-electron chi connectivity index (χ3n) is 3.97. The van der Waals surface area contributed by atoms with E-state index in [4.69, 9.17) is 11.6 Å². The quantitative estimate of drug-likeness (QED) is 0.924. The molecule has 1 unspecified atom stereocenters. The van der Waals surface area contributed by atoms with Gasteiger partial charge in [-0.15, -0.1) is 0 Å². The van der Waals surface area contributed by atoms with Crippen LogP contribution in [0.1, 0.15) is 31.5 Å². The zero-order valence-corrected chi connectivity index (χ0v) is 13.2. The molecule has 0 spiro atoms. The van der Waals surface area contributed by atoms with E-state index in [0.29, 0.717) is 12.0 Å². The minimum Gasteiger partial charge on any atom is -0.312 e. The SMILES string of the molecule is Cc1nn(C)c(Cl)c1CN1CCCNC(C(C)C)C1. The summed E-state index contributed by atoms with van der Waals surface area (Å²) in [5.41, 5.74) is 2.22. The topological polar surface area (TPSA) is 33.1 Å². The molecule has 1 aromatic rings. The Labute approximate surface area is 121 Å². The summed E-state index contributed by atoms with van der Waals surface area (Å²) in [7, 11) is 1.90. The van der Waals surface area contributed by atoms with Crippen LogP contribution in [-0.4, -0.2) is 40.4 Å². The summed E-state index contributed by atoms with van der Waals surface area (Å²) in [5.74, 6) is 0.658. The molecule has 0 aliphatic carbocycles. The molecule has 0 amide bonds. The fraction of sp³-hybridized carbons (Fsp3) is 0.786. The van der Waals surface area contributed by atoms with Crippen LogP contribution in [-0.2, 0) is 13.6 Å². The van der Waals surface area contributed by atoms with Gasteiger partial charge < -0.3 is 5.32 Å². The first-order chi connectivity index (χ1) is 8.99. The van der Waals surface area contributed by atoms with Gasteiger partial charge in [0.05, 0.1) is 5.69 Å². The van der Waals surface area contributed by atoms with Crippen molar-refractivity contribution in [2.75, 3.05) is 19.6 Å². The van der Waals surface area contributed by atoms with Crippen molar-refractivity contribution < 1.29 is 0 Å². The summed E-state index contributed by atoms with van der Waals surface area (Å²) in [6.07, 6.45) is 1.19. The summed E-state index contributed by atoms with van der Waals surface area (Å²) in [6, 6.07) is 0.568. The summed E-state index contributed by atoms with van der Waals surface area (Å²) in [4.78, 5) is 2.50. The number of nitrogens with one attached hydrogen (secondary N) is 1. The van der Waals surface area contributed by atoms with Gasteiger partial charge in [-0.25, -0.2) is 0 Å². The fourth-order valence-corrected chi connectivity index (χ4v) is 2.93. The Hall–Kier alpha value is -0.580. The van der Waals surface area contributed by atoms with E-state index in [1.807, 2.05) is 14.0 Å². The number of aryl methyl sites for hydroxylation is 2. The highest BCUT2D eigenvalue weighted by Gasteiger charge is 2.22. The van der Waals surface area contributed by atoms with Crippen LogP contribution in [0.4, 0.5) is 0 Å². The molecule has 1 atom stereocenters. The van der Waals surface area contributed by atoms with Gasteiger partial charge in [0.2, 0.25) is 0 Å². The number of halogens is 1. The minimum atomic E-state index is 0.568. The minimum absolute atomic E-state index is 0.568. The average molecular weight is 285 g/mol. The lowest BCUT2D eigenvalue weighted by atomic mass is 10.0. The number of rotatable bonds is 3. The van der Waals surface area contributed by atoms with Gasteiger partial charge in [-0.2, -0.15) is 5.10 Å². The monoisotopic (exact) mass is 284 g/mol. The predicted octanol–water partition coefficient (Wildman–Crippen LogP) is 2.20. The van der Waals surface area contributed by atoms with Crippen LogP contribution in [0.25, 0.3) is 0 Å². The molecular weight excluding hydrogens is 260 g/mol. The molecule has 1 fully saturated rings. The third-order valence-corrected chi connectivity index (χ3v) is 4.44. The van der Waals surface area contributed by atoms with Gasteiger partial charge in [-0.3, -0.25) is 9.58 Å². The standard InChI is InChI=1S/C14H25ClN4/c1-10(2)13-9-19(7-5-6-16-13)8-12-11(3)17-18(4)14(12)15/h10,13,16H,5-9H2,1-4H3. The van der Waals surface area contributed by atoms with Crippen molar-refractivity contribution in [3.63, 3.8) is 0 Å². The van der Waals surface area contributed by atoms with E-state index in [1.165, 1.54) is 12.0 Å². The van der Waals surface area contributed by atoms with Gasteiger partial charge in [0.25, 0.3) is 0 Å². The van der Waals surface area contributed by atoms with Crippen molar-refractivity contribution in [1.29, 1.82) is 0 Å². The van der Waals surface area contributed by atoms with E-state index < -0.39 is 0 Å². The van der Waals surface area contributed by atoms with Gasteiger partial charge >= 0.3 is 0 Å². The molecule has 2 heterocycles. The highest BCUT2D eigenvalue weighted by atomic mass is 35.5. The molecule has 108 valence electrons. The van der Waals surface area contributed by atoms with Gasteiger partial charge in [-0.05, 0) is 32.4 Å². The summed E-state index contributed by atoms with van der Waals surface area (Å²) < 4.78 is 1.77. The maximum atomic E-state index is 6.33. The maximum Gasteiger partial charge on any atom is 0.131 e. The first-order valence-electron chi connectivity index (χ1n) is 7.12. The van der Waals surface area contributed by atoms with E-state index in [0.717, 1.165) is 37.0 Å². The largest absolute Gasteiger partial charge is 0.312 e. The summed E-state index contributed by atoms with van der Waals surface area (Å²) in [6.45, 7) is 10.8. The molecule has 1 N–H and O–H groups in total. The van der Waals surface area contributed by atoms with Crippen molar-refractivity contribution in [2.45, 2.75) is 39.8 Å². The molecule has 1 aliphatic rings. The Bertz CT molecular complexity index is 427. The Kier molecular flexibility index (Phi) is 4.87. The molecule has 0 radical (unpaired) electrons. The number of hydrogen-bond acceptors (Lipinski definition) is 3. The van der Waals surface area contributed by atoms with E-state index in [-0.39, 0.29) is 0 Å². The summed E-state index contributed by atoms with van der Waals surface area (Å²) >= 11 is 6.33. The Morgan fingerprint density at radius 3 is 2.79 bits per heavy atom. The molecule has 4 nitrogen and oxygen atoms in total. The lowest BCUT2D eigenvalue weighted by molar-refractivity contribution is 0.238. The normalized spacial score (nSPS) is 21.9. The molecule has 1 saturated heterocycles. The predicted molar refractivity (Wildman–Crippen MR) is 79.5 cm³/mol. The molecule has 5 heteroatoms. The van der Waals surface area contributed by atoms with Crippen molar-refractivity contribution in [3.05, 3.63) is 16.4 Å². The molecule has 1 aromatic heterocycles. The molecule has 19 heavy (non-hydrogen) atoms. The average Bonchev–Trinajstić information content (AvgIpc) is 2.58. The molecule has 0 bridgehead atoms. The van der Waals surface area contributed by atoms with Crippen molar-refractivity contribution in [1.82, 2.24) is 20.0 Å². The highest BCUT2D eigenvalue weighted by molar-refractivity contribution is 6.30. The van der Waals surface area contributed by atoms with Gasteiger partial charge in [0.1, 0.15) is 5.15 Å². The van der Waals surface area contributed by atoms with Crippen molar-refractivity contribution in [3.8, 4) is 0 Å². The van der Waals surface area contributed by atoms with E-state index in [9.17, 15) is 0 Å². The molecule has 2 rings (SSSR count). The van der Waals surface area contributed by atoms with E-state index >= 15 is 0 Å². The number of hydrogen-bond donors (Lipinski definition) is 1. The number of aromatic nitrogens is 2. The number of nitrogens with zero attached hydrogens (tertiary/aromatic N) is 3. The van der Waals surface area contributed by atoms with Gasteiger partial charge in [0, 0.05) is 31.7 Å². The van der Waals surface area contributed by atoms with Crippen LogP contribution in [0.3, 0.4) is 0 Å². The van der Waals surface area contributed by atoms with Crippen LogP contribution >= 0.6 is 11.6 Å². The van der Waals surface area contributed by atoms with Crippen molar-refractivity contribution in [2.24, 2.45) is 13.0 Å². The first-order valence-corrected chi connectivity index (χ1v) is 7.50. The lowest BCUT2D eigenvalue weighted by Crippen LogP contribution is -2.41. The second kappa shape index (κ2) is 6.25. The Balaban J connectivity index is 2.08. The zero-order chi connectivity index (χ0) is 14.0. The third kappa shape index (κ3) is 3.50. The molecule has 0 aromatic carbocycles. The van der Waals surface area contributed by atoms with E-state index in [2.05, 4.69) is 29.2 Å². The van der Waals surface area contributed by atoms with Crippen LogP contribution in [0, 0.1) is 12.8 Å². The van der Waals surface area contributed by atoms with Crippen LogP contribution < -0.4 is 5.32 Å². The van der Waals surface area contributed by atoms with E-state index in [1.54, 1.807) is 4.68 Å². The second-order valence-electron chi connectivity index (χ2n) is 5.87. The lowest BCUT2D eigenvalue weighted by Gasteiger charge is -2.26. The van der Waals surface area contributed by atoms with Crippen LogP contribution in [0.15, 0.2) is 0 Å². The van der Waals surface area contributed by atoms with Crippen LogP contribution in [0.2, 0.25) is 5.15 Å². The Morgan fingerprint density at radius 1 is 1.47 bits per heavy atom. The zero-order valence-electron chi connectivity index (χ0n) is 12.4. The van der Waals surface area contributed by atoms with Gasteiger partial charge in [0.15, 0.2) is 0 Å². The molecule has 0 saturated carbocycles. The second-order valence-corrected chi connectivity index (χ2v) is 6.23. The van der Waals surface area contributed by atoms with Gasteiger partial charge in [-0.1, -0.05) is 25.4 Å². The highest BCUT2D eigenvalue weighted by Crippen LogP contribution is 2.21. The molecular formula is C14H25ClN4. The smallest absolute Gasteiger partial charge is 0.131 e. The first kappa shape index (κ1) is 14.8.